The second-order valence-corrected chi connectivity index (χ2v) is 6.19. The van der Waals surface area contributed by atoms with Gasteiger partial charge >= 0.3 is 0 Å². The monoisotopic (exact) mass is 336 g/mol. The lowest BCUT2D eigenvalue weighted by atomic mass is 10.1. The highest BCUT2D eigenvalue weighted by Gasteiger charge is 2.08. The number of aromatic amines is 1. The second kappa shape index (κ2) is 7.85. The zero-order valence-corrected chi connectivity index (χ0v) is 14.7. The average molecular weight is 336 g/mol. The Labute approximate surface area is 148 Å². The smallest absolute Gasteiger partial charge is 0.0700 e. The van der Waals surface area contributed by atoms with Crippen molar-refractivity contribution in [2.75, 3.05) is 30.4 Å². The van der Waals surface area contributed by atoms with Crippen LogP contribution in [-0.2, 0) is 6.54 Å². The van der Waals surface area contributed by atoms with Crippen LogP contribution in [0.3, 0.4) is 0 Å². The van der Waals surface area contributed by atoms with Crippen LogP contribution in [0.15, 0.2) is 54.7 Å². The van der Waals surface area contributed by atoms with Crippen molar-refractivity contribution in [3.63, 3.8) is 0 Å². The van der Waals surface area contributed by atoms with Crippen LogP contribution in [0.4, 0.5) is 11.4 Å². The third kappa shape index (κ3) is 4.19. The standard InChI is InChI=1S/C20H24N4O/c1-15-4-3-5-16(12-15)20-17(14-22-23-20)13-21-18-6-8-19(9-7-18)24(2)10-11-25/h3-9,12,14,21,25H,10-11,13H2,1-2H3,(H,22,23). The Morgan fingerprint density at radius 3 is 2.68 bits per heavy atom. The summed E-state index contributed by atoms with van der Waals surface area (Å²) in [5, 5.41) is 19.8. The number of likely N-dealkylation sites (N-methyl/N-ethyl adjacent to an activating group) is 1. The number of H-pyrrole nitrogens is 1. The van der Waals surface area contributed by atoms with Crippen LogP contribution >= 0.6 is 0 Å². The molecule has 3 N–H and O–H groups in total. The van der Waals surface area contributed by atoms with Crippen LogP contribution < -0.4 is 10.2 Å². The summed E-state index contributed by atoms with van der Waals surface area (Å²) < 4.78 is 0. The van der Waals surface area contributed by atoms with Gasteiger partial charge < -0.3 is 15.3 Å². The van der Waals surface area contributed by atoms with Gasteiger partial charge in [-0.05, 0) is 37.3 Å². The maximum atomic E-state index is 9.02. The summed E-state index contributed by atoms with van der Waals surface area (Å²) in [5.41, 5.74) is 6.70. The number of hydrogen-bond acceptors (Lipinski definition) is 4. The summed E-state index contributed by atoms with van der Waals surface area (Å²) >= 11 is 0. The summed E-state index contributed by atoms with van der Waals surface area (Å²) in [6, 6.07) is 16.6. The number of nitrogens with one attached hydrogen (secondary N) is 2. The Balaban J connectivity index is 1.68. The minimum absolute atomic E-state index is 0.152. The molecule has 0 aliphatic rings. The molecule has 5 nitrogen and oxygen atoms in total. The zero-order valence-electron chi connectivity index (χ0n) is 14.7. The molecule has 3 aromatic rings. The Kier molecular flexibility index (Phi) is 5.36. The molecule has 5 heteroatoms. The molecule has 3 rings (SSSR count). The predicted octanol–water partition coefficient (Wildman–Crippen LogP) is 3.43. The molecule has 0 atom stereocenters. The molecule has 0 radical (unpaired) electrons. The Bertz CT molecular complexity index is 811. The molecule has 0 saturated heterocycles. The predicted molar refractivity (Wildman–Crippen MR) is 103 cm³/mol. The van der Waals surface area contributed by atoms with E-state index in [1.165, 1.54) is 5.56 Å². The van der Waals surface area contributed by atoms with Crippen LogP contribution in [0.1, 0.15) is 11.1 Å². The van der Waals surface area contributed by atoms with Gasteiger partial charge in [-0.3, -0.25) is 5.10 Å². The fraction of sp³-hybridized carbons (Fsp3) is 0.250. The van der Waals surface area contributed by atoms with Gasteiger partial charge in [-0.1, -0.05) is 23.8 Å². The molecule has 1 heterocycles. The van der Waals surface area contributed by atoms with Crippen molar-refractivity contribution in [1.82, 2.24) is 10.2 Å². The molecule has 130 valence electrons. The van der Waals surface area contributed by atoms with Crippen molar-refractivity contribution >= 4 is 11.4 Å². The first-order chi connectivity index (χ1) is 12.2. The lowest BCUT2D eigenvalue weighted by Gasteiger charge is -2.18. The molecule has 0 unspecified atom stereocenters. The maximum Gasteiger partial charge on any atom is 0.0700 e. The largest absolute Gasteiger partial charge is 0.395 e. The molecule has 0 saturated carbocycles. The summed E-state index contributed by atoms with van der Waals surface area (Å²) in [6.07, 6.45) is 1.87. The molecule has 0 aliphatic heterocycles. The van der Waals surface area contributed by atoms with E-state index >= 15 is 0 Å². The van der Waals surface area contributed by atoms with Crippen molar-refractivity contribution in [2.45, 2.75) is 13.5 Å². The molecule has 25 heavy (non-hydrogen) atoms. The van der Waals surface area contributed by atoms with Crippen molar-refractivity contribution in [3.8, 4) is 11.3 Å². The van der Waals surface area contributed by atoms with Crippen LogP contribution in [0, 0.1) is 6.92 Å². The number of benzene rings is 2. The van der Waals surface area contributed by atoms with Crippen LogP contribution in [0.25, 0.3) is 11.3 Å². The van der Waals surface area contributed by atoms with Gasteiger partial charge in [0, 0.05) is 42.6 Å². The number of rotatable bonds is 7. The summed E-state index contributed by atoms with van der Waals surface area (Å²) in [4.78, 5) is 2.02. The van der Waals surface area contributed by atoms with Gasteiger partial charge in [0.15, 0.2) is 0 Å². The SMILES string of the molecule is Cc1cccc(-c2[nH]ncc2CNc2ccc(N(C)CCO)cc2)c1. The first kappa shape index (κ1) is 17.0. The molecule has 0 spiro atoms. The van der Waals surface area contributed by atoms with Gasteiger partial charge in [0.25, 0.3) is 0 Å². The zero-order chi connectivity index (χ0) is 17.6. The van der Waals surface area contributed by atoms with Crippen LogP contribution in [-0.4, -0.2) is 35.5 Å². The first-order valence-corrected chi connectivity index (χ1v) is 8.42. The third-order valence-corrected chi connectivity index (χ3v) is 4.25. The normalized spacial score (nSPS) is 10.7. The highest BCUT2D eigenvalue weighted by molar-refractivity contribution is 5.64. The van der Waals surface area contributed by atoms with E-state index in [0.29, 0.717) is 13.1 Å². The molecular weight excluding hydrogens is 312 g/mol. The molecule has 1 aromatic heterocycles. The van der Waals surface area contributed by atoms with Gasteiger partial charge in [-0.15, -0.1) is 0 Å². The number of nitrogens with zero attached hydrogens (tertiary/aromatic N) is 2. The lowest BCUT2D eigenvalue weighted by Crippen LogP contribution is -2.20. The number of aliphatic hydroxyl groups is 1. The number of aliphatic hydroxyl groups excluding tert-OH is 1. The van der Waals surface area contributed by atoms with E-state index in [0.717, 1.165) is 28.2 Å². The lowest BCUT2D eigenvalue weighted by molar-refractivity contribution is 0.304. The molecule has 0 aliphatic carbocycles. The minimum atomic E-state index is 0.152. The van der Waals surface area contributed by atoms with E-state index in [-0.39, 0.29) is 6.61 Å². The van der Waals surface area contributed by atoms with Gasteiger partial charge in [0.1, 0.15) is 0 Å². The first-order valence-electron chi connectivity index (χ1n) is 8.42. The fourth-order valence-electron chi connectivity index (χ4n) is 2.81. The van der Waals surface area contributed by atoms with E-state index < -0.39 is 0 Å². The van der Waals surface area contributed by atoms with Gasteiger partial charge in [0.2, 0.25) is 0 Å². The van der Waals surface area contributed by atoms with Crippen molar-refractivity contribution < 1.29 is 5.11 Å². The van der Waals surface area contributed by atoms with Gasteiger partial charge in [0.05, 0.1) is 18.5 Å². The highest BCUT2D eigenvalue weighted by Crippen LogP contribution is 2.23. The van der Waals surface area contributed by atoms with E-state index in [1.54, 1.807) is 0 Å². The number of anilines is 2. The fourth-order valence-corrected chi connectivity index (χ4v) is 2.81. The maximum absolute atomic E-state index is 9.02. The van der Waals surface area contributed by atoms with E-state index in [9.17, 15) is 0 Å². The third-order valence-electron chi connectivity index (χ3n) is 4.25. The van der Waals surface area contributed by atoms with Crippen molar-refractivity contribution in [3.05, 3.63) is 65.9 Å². The molecule has 2 aromatic carbocycles. The van der Waals surface area contributed by atoms with Gasteiger partial charge in [-0.2, -0.15) is 5.10 Å². The quantitative estimate of drug-likeness (QED) is 0.618. The van der Waals surface area contributed by atoms with E-state index in [4.69, 9.17) is 5.11 Å². The summed E-state index contributed by atoms with van der Waals surface area (Å²) in [6.45, 7) is 3.57. The van der Waals surface area contributed by atoms with E-state index in [2.05, 4.69) is 71.0 Å². The van der Waals surface area contributed by atoms with E-state index in [1.807, 2.05) is 18.1 Å². The number of hydrogen-bond donors (Lipinski definition) is 3. The summed E-state index contributed by atoms with van der Waals surface area (Å²) in [5.74, 6) is 0. The summed E-state index contributed by atoms with van der Waals surface area (Å²) in [7, 11) is 1.97. The molecule has 0 bridgehead atoms. The highest BCUT2D eigenvalue weighted by atomic mass is 16.3. The number of aromatic nitrogens is 2. The topological polar surface area (TPSA) is 64.2 Å². The second-order valence-electron chi connectivity index (χ2n) is 6.19. The number of aryl methyl sites for hydroxylation is 1. The molecule has 0 amide bonds. The van der Waals surface area contributed by atoms with Crippen LogP contribution in [0.5, 0.6) is 0 Å². The van der Waals surface area contributed by atoms with Crippen LogP contribution in [0.2, 0.25) is 0 Å². The Morgan fingerprint density at radius 2 is 1.96 bits per heavy atom. The van der Waals surface area contributed by atoms with Gasteiger partial charge in [-0.25, -0.2) is 0 Å². The molecule has 0 fully saturated rings. The van der Waals surface area contributed by atoms with Crippen molar-refractivity contribution in [2.24, 2.45) is 0 Å². The minimum Gasteiger partial charge on any atom is -0.395 e. The Hall–Kier alpha value is -2.79. The molecular formula is C20H24N4O. The Morgan fingerprint density at radius 1 is 1.16 bits per heavy atom. The van der Waals surface area contributed by atoms with Crippen molar-refractivity contribution in [1.29, 1.82) is 0 Å². The average Bonchev–Trinajstić information content (AvgIpc) is 3.09.